The summed E-state index contributed by atoms with van der Waals surface area (Å²) in [5, 5.41) is 7.42. The Morgan fingerprint density at radius 1 is 1.16 bits per heavy atom. The second-order valence-electron chi connectivity index (χ2n) is 7.60. The molecule has 31 heavy (non-hydrogen) atoms. The summed E-state index contributed by atoms with van der Waals surface area (Å²) in [5.41, 5.74) is 3.09. The molecule has 7 nitrogen and oxygen atoms in total. The van der Waals surface area contributed by atoms with Crippen LogP contribution in [-0.4, -0.2) is 43.8 Å². The van der Waals surface area contributed by atoms with E-state index in [4.69, 9.17) is 9.47 Å². The molecule has 2 heterocycles. The highest BCUT2D eigenvalue weighted by molar-refractivity contribution is 7.17. The minimum Gasteiger partial charge on any atom is -0.496 e. The van der Waals surface area contributed by atoms with Crippen molar-refractivity contribution in [1.29, 1.82) is 0 Å². The van der Waals surface area contributed by atoms with Crippen molar-refractivity contribution in [3.8, 4) is 5.75 Å². The van der Waals surface area contributed by atoms with Gasteiger partial charge in [0.2, 0.25) is 0 Å². The van der Waals surface area contributed by atoms with Crippen molar-refractivity contribution in [2.24, 2.45) is 7.05 Å². The third kappa shape index (κ3) is 4.05. The average molecular weight is 442 g/mol. The van der Waals surface area contributed by atoms with Crippen molar-refractivity contribution in [1.82, 2.24) is 9.88 Å². The van der Waals surface area contributed by atoms with E-state index in [0.717, 1.165) is 47.9 Å². The third-order valence-electron chi connectivity index (χ3n) is 5.72. The quantitative estimate of drug-likeness (QED) is 0.547. The molecule has 8 heteroatoms. The van der Waals surface area contributed by atoms with Gasteiger partial charge in [0, 0.05) is 31.0 Å². The summed E-state index contributed by atoms with van der Waals surface area (Å²) in [4.78, 5) is 27.4. The second kappa shape index (κ2) is 9.11. The van der Waals surface area contributed by atoms with Crippen LogP contribution >= 0.6 is 11.3 Å². The summed E-state index contributed by atoms with van der Waals surface area (Å²) in [6, 6.07) is 7.56. The number of aromatic nitrogens is 1. The zero-order chi connectivity index (χ0) is 22.0. The van der Waals surface area contributed by atoms with E-state index in [-0.39, 0.29) is 11.8 Å². The minimum atomic E-state index is -0.245. The number of fused-ring (bicyclic) bond motifs is 2. The highest BCUT2D eigenvalue weighted by Crippen LogP contribution is 2.38. The summed E-state index contributed by atoms with van der Waals surface area (Å²) in [7, 11) is 5.07. The Kier molecular flexibility index (Phi) is 6.29. The van der Waals surface area contributed by atoms with Crippen LogP contribution < -0.4 is 15.4 Å². The number of methoxy groups -OCH3 is 2. The van der Waals surface area contributed by atoms with Crippen molar-refractivity contribution >= 4 is 39.1 Å². The molecule has 2 N–H and O–H groups in total. The normalized spacial score (nSPS) is 13.1. The average Bonchev–Trinajstić information content (AvgIpc) is 3.31. The Bertz CT molecular complexity index is 1130. The molecule has 0 saturated carbocycles. The minimum absolute atomic E-state index is 0.162. The van der Waals surface area contributed by atoms with Gasteiger partial charge in [0.05, 0.1) is 24.8 Å². The number of nitrogens with zero attached hydrogens (tertiary/aromatic N) is 1. The maximum absolute atomic E-state index is 13.2. The van der Waals surface area contributed by atoms with Crippen LogP contribution in [0.15, 0.2) is 24.3 Å². The number of ether oxygens (including phenoxy) is 2. The molecule has 4 rings (SSSR count). The predicted molar refractivity (Wildman–Crippen MR) is 123 cm³/mol. The van der Waals surface area contributed by atoms with E-state index in [9.17, 15) is 9.59 Å². The van der Waals surface area contributed by atoms with Crippen LogP contribution in [0.1, 0.15) is 44.1 Å². The van der Waals surface area contributed by atoms with Crippen LogP contribution in [-0.2, 0) is 24.6 Å². The number of hydrogen-bond acceptors (Lipinski definition) is 5. The Hall–Kier alpha value is -2.84. The molecule has 1 aliphatic carbocycles. The zero-order valence-electron chi connectivity index (χ0n) is 18.0. The number of carbonyl (C=O) groups excluding carboxylic acids is 2. The van der Waals surface area contributed by atoms with Crippen molar-refractivity contribution < 1.29 is 19.1 Å². The lowest BCUT2D eigenvalue weighted by molar-refractivity contribution is 0.0937. The molecule has 0 aliphatic heterocycles. The molecule has 1 aromatic carbocycles. The van der Waals surface area contributed by atoms with E-state index < -0.39 is 0 Å². The van der Waals surface area contributed by atoms with Crippen LogP contribution in [0.2, 0.25) is 0 Å². The standard InChI is InChI=1S/C23H27N3O4S/c1-26-16-8-6-9-18(30-3)15(16)13-17(26)21(27)25-23-20(22(28)24-11-12-29-2)14-7-4-5-10-19(14)31-23/h6,8-9,13H,4-5,7,10-12H2,1-3H3,(H,24,28)(H,25,27). The van der Waals surface area contributed by atoms with Crippen molar-refractivity contribution in [3.05, 3.63) is 46.0 Å². The van der Waals surface area contributed by atoms with Crippen molar-refractivity contribution in [2.75, 3.05) is 32.7 Å². The van der Waals surface area contributed by atoms with Crippen molar-refractivity contribution in [3.63, 3.8) is 0 Å². The number of aryl methyl sites for hydroxylation is 2. The fourth-order valence-electron chi connectivity index (χ4n) is 4.15. The van der Waals surface area contributed by atoms with Gasteiger partial charge in [-0.1, -0.05) is 6.07 Å². The fraction of sp³-hybridized carbons (Fsp3) is 0.391. The molecule has 0 atom stereocenters. The Balaban J connectivity index is 1.67. The first kappa shape index (κ1) is 21.4. The van der Waals surface area contributed by atoms with Crippen LogP contribution in [0.25, 0.3) is 10.9 Å². The van der Waals surface area contributed by atoms with E-state index in [1.165, 1.54) is 16.2 Å². The summed E-state index contributed by atoms with van der Waals surface area (Å²) in [5.74, 6) is 0.313. The number of thiophene rings is 1. The first-order chi connectivity index (χ1) is 15.0. The molecule has 3 aromatic rings. The number of carbonyl (C=O) groups is 2. The molecule has 2 aromatic heterocycles. The lowest BCUT2D eigenvalue weighted by atomic mass is 9.95. The van der Waals surface area contributed by atoms with Gasteiger partial charge in [-0.15, -0.1) is 11.3 Å². The van der Waals surface area contributed by atoms with Crippen molar-refractivity contribution in [2.45, 2.75) is 25.7 Å². The molecule has 0 unspecified atom stereocenters. The molecule has 164 valence electrons. The molecular formula is C23H27N3O4S. The Morgan fingerprint density at radius 2 is 1.97 bits per heavy atom. The highest BCUT2D eigenvalue weighted by Gasteiger charge is 2.27. The first-order valence-electron chi connectivity index (χ1n) is 10.4. The molecule has 1 aliphatic rings. The van der Waals surface area contributed by atoms with E-state index in [1.807, 2.05) is 35.9 Å². The van der Waals surface area contributed by atoms with Crippen LogP contribution in [0, 0.1) is 0 Å². The number of amides is 2. The molecule has 0 saturated heterocycles. The van der Waals surface area contributed by atoms with E-state index in [0.29, 0.717) is 29.4 Å². The third-order valence-corrected chi connectivity index (χ3v) is 6.92. The molecule has 0 radical (unpaired) electrons. The van der Waals surface area contributed by atoms with Gasteiger partial charge in [-0.3, -0.25) is 9.59 Å². The molecule has 0 bridgehead atoms. The van der Waals surface area contributed by atoms with Gasteiger partial charge >= 0.3 is 0 Å². The maximum Gasteiger partial charge on any atom is 0.272 e. The van der Waals surface area contributed by atoms with E-state index in [2.05, 4.69) is 10.6 Å². The van der Waals surface area contributed by atoms with Gasteiger partial charge < -0.3 is 24.7 Å². The lowest BCUT2D eigenvalue weighted by Crippen LogP contribution is -2.29. The number of nitrogens with one attached hydrogen (secondary N) is 2. The summed E-state index contributed by atoms with van der Waals surface area (Å²) in [6.45, 7) is 0.869. The maximum atomic E-state index is 13.2. The number of rotatable bonds is 7. The summed E-state index contributed by atoms with van der Waals surface area (Å²) < 4.78 is 12.3. The van der Waals surface area contributed by atoms with Gasteiger partial charge in [-0.05, 0) is 49.4 Å². The Morgan fingerprint density at radius 3 is 2.74 bits per heavy atom. The van der Waals surface area contributed by atoms with Crippen LogP contribution in [0.4, 0.5) is 5.00 Å². The number of hydrogen-bond donors (Lipinski definition) is 2. The van der Waals surface area contributed by atoms with Crippen LogP contribution in [0.3, 0.4) is 0 Å². The Labute approximate surface area is 185 Å². The van der Waals surface area contributed by atoms with E-state index >= 15 is 0 Å². The topological polar surface area (TPSA) is 81.6 Å². The predicted octanol–water partition coefficient (Wildman–Crippen LogP) is 3.76. The molecule has 0 fully saturated rings. The zero-order valence-corrected chi connectivity index (χ0v) is 18.9. The SMILES string of the molecule is COCCNC(=O)c1c(NC(=O)c2cc3c(OC)cccc3n2C)sc2c1CCCC2. The van der Waals surface area contributed by atoms with Crippen LogP contribution in [0.5, 0.6) is 5.75 Å². The number of benzene rings is 1. The lowest BCUT2D eigenvalue weighted by Gasteiger charge is -2.13. The molecular weight excluding hydrogens is 414 g/mol. The summed E-state index contributed by atoms with van der Waals surface area (Å²) in [6.07, 6.45) is 3.96. The van der Waals surface area contributed by atoms with Gasteiger partial charge in [0.25, 0.3) is 11.8 Å². The monoisotopic (exact) mass is 441 g/mol. The smallest absolute Gasteiger partial charge is 0.272 e. The fourth-order valence-corrected chi connectivity index (χ4v) is 5.43. The summed E-state index contributed by atoms with van der Waals surface area (Å²) >= 11 is 1.51. The van der Waals surface area contributed by atoms with Gasteiger partial charge in [0.15, 0.2) is 0 Å². The second-order valence-corrected chi connectivity index (χ2v) is 8.70. The van der Waals surface area contributed by atoms with Gasteiger partial charge in [-0.2, -0.15) is 0 Å². The molecule has 0 spiro atoms. The highest BCUT2D eigenvalue weighted by atomic mass is 32.1. The molecule has 2 amide bonds. The largest absolute Gasteiger partial charge is 0.496 e. The van der Waals surface area contributed by atoms with Gasteiger partial charge in [-0.25, -0.2) is 0 Å². The number of anilines is 1. The first-order valence-corrected chi connectivity index (χ1v) is 11.2. The van der Waals surface area contributed by atoms with Gasteiger partial charge in [0.1, 0.15) is 16.4 Å². The van der Waals surface area contributed by atoms with E-state index in [1.54, 1.807) is 14.2 Å².